The van der Waals surface area contributed by atoms with E-state index in [1.54, 1.807) is 25.2 Å². The van der Waals surface area contributed by atoms with E-state index >= 15 is 0 Å². The van der Waals surface area contributed by atoms with Gasteiger partial charge >= 0.3 is 5.76 Å². The number of hydrogen-bond acceptors (Lipinski definition) is 7. The highest BCUT2D eigenvalue weighted by molar-refractivity contribution is 5.98. The molecule has 0 bridgehead atoms. The van der Waals surface area contributed by atoms with Crippen molar-refractivity contribution in [1.82, 2.24) is 35.1 Å². The van der Waals surface area contributed by atoms with E-state index in [2.05, 4.69) is 26.0 Å². The van der Waals surface area contributed by atoms with Crippen LogP contribution in [0.3, 0.4) is 0 Å². The largest absolute Gasteiger partial charge is 0.419 e. The van der Waals surface area contributed by atoms with Gasteiger partial charge in [-0.1, -0.05) is 6.07 Å². The zero-order valence-electron chi connectivity index (χ0n) is 16.9. The molecule has 5 rings (SSSR count). The lowest BCUT2D eigenvalue weighted by Gasteiger charge is -2.27. The number of nitrogens with zero attached hydrogens (tertiary/aromatic N) is 4. The molecule has 4 aromatic rings. The number of halogens is 1. The van der Waals surface area contributed by atoms with Gasteiger partial charge in [0.1, 0.15) is 11.4 Å². The van der Waals surface area contributed by atoms with E-state index in [4.69, 9.17) is 4.42 Å². The molecule has 0 atom stereocenters. The number of benzene rings is 1. The van der Waals surface area contributed by atoms with Crippen LogP contribution in [-0.4, -0.2) is 50.1 Å². The van der Waals surface area contributed by atoms with Gasteiger partial charge in [0.25, 0.3) is 11.8 Å². The van der Waals surface area contributed by atoms with Crippen molar-refractivity contribution >= 4 is 28.6 Å². The fourth-order valence-corrected chi connectivity index (χ4v) is 3.42. The molecule has 3 N–H and O–H groups in total. The molecule has 0 unspecified atom stereocenters. The lowest BCUT2D eigenvalue weighted by atomic mass is 10.1. The Morgan fingerprint density at radius 3 is 2.84 bits per heavy atom. The van der Waals surface area contributed by atoms with Crippen molar-refractivity contribution in [1.29, 1.82) is 0 Å². The topological polar surface area (TPSA) is 136 Å². The van der Waals surface area contributed by atoms with Crippen molar-refractivity contribution in [3.63, 3.8) is 0 Å². The van der Waals surface area contributed by atoms with E-state index in [0.29, 0.717) is 29.8 Å². The van der Waals surface area contributed by atoms with E-state index in [-0.39, 0.29) is 29.6 Å². The van der Waals surface area contributed by atoms with Crippen LogP contribution < -0.4 is 21.7 Å². The first-order valence-corrected chi connectivity index (χ1v) is 9.83. The van der Waals surface area contributed by atoms with Crippen LogP contribution in [0, 0.1) is 5.82 Å². The van der Waals surface area contributed by atoms with Crippen LogP contribution in [0.15, 0.2) is 39.7 Å². The fraction of sp³-hybridized carbons (Fsp3) is 0.250. The maximum atomic E-state index is 14.2. The highest BCUT2D eigenvalue weighted by Gasteiger charge is 2.24. The number of rotatable bonds is 5. The van der Waals surface area contributed by atoms with Crippen LogP contribution in [0.2, 0.25) is 0 Å². The fourth-order valence-electron chi connectivity index (χ4n) is 3.42. The van der Waals surface area contributed by atoms with Crippen molar-refractivity contribution in [3.05, 3.63) is 63.8 Å². The molecule has 0 spiro atoms. The lowest BCUT2D eigenvalue weighted by molar-refractivity contribution is 0.0916. The van der Waals surface area contributed by atoms with Gasteiger partial charge in [-0.15, -0.1) is 0 Å². The van der Waals surface area contributed by atoms with E-state index in [1.807, 2.05) is 0 Å². The summed E-state index contributed by atoms with van der Waals surface area (Å²) < 4.78 is 21.7. The monoisotopic (exact) mass is 439 g/mol. The summed E-state index contributed by atoms with van der Waals surface area (Å²) in [6, 6.07) is 6.31. The average Bonchev–Trinajstić information content (AvgIpc) is 3.27. The number of oxazole rings is 1. The van der Waals surface area contributed by atoms with E-state index in [1.165, 1.54) is 10.6 Å². The SMILES string of the molecule is Cn1c(=O)oc2ccc(CNC(=O)c3cc(C(=O)NC4CNC4)n4ncc(F)c4n3)cc21. The molecule has 1 aliphatic rings. The molecule has 1 saturated heterocycles. The van der Waals surface area contributed by atoms with Gasteiger partial charge in [-0.25, -0.2) is 18.7 Å². The molecule has 12 heteroatoms. The van der Waals surface area contributed by atoms with Gasteiger partial charge in [0, 0.05) is 32.7 Å². The molecule has 164 valence electrons. The Bertz CT molecular complexity index is 1430. The second-order valence-electron chi connectivity index (χ2n) is 7.49. The average molecular weight is 439 g/mol. The standard InChI is InChI=1S/C20H18FN7O4/c1-27-14-4-10(2-3-16(14)32-20(27)31)6-23-18(29)13-5-15(19(30)25-11-7-22-8-11)28-17(26-13)12(21)9-24-28/h2-5,9,11,22H,6-8H2,1H3,(H,23,29)(H,25,30). The summed E-state index contributed by atoms with van der Waals surface area (Å²) in [7, 11) is 1.59. The first-order chi connectivity index (χ1) is 15.4. The second kappa shape index (κ2) is 7.57. The summed E-state index contributed by atoms with van der Waals surface area (Å²) in [6.07, 6.45) is 0.941. The van der Waals surface area contributed by atoms with Crippen LogP contribution in [0.4, 0.5) is 4.39 Å². The van der Waals surface area contributed by atoms with E-state index < -0.39 is 23.4 Å². The van der Waals surface area contributed by atoms with E-state index in [0.717, 1.165) is 10.7 Å². The van der Waals surface area contributed by atoms with Gasteiger partial charge in [0.15, 0.2) is 17.0 Å². The molecule has 0 radical (unpaired) electrons. The minimum absolute atomic E-state index is 0.00534. The van der Waals surface area contributed by atoms with Crippen molar-refractivity contribution < 1.29 is 18.4 Å². The highest BCUT2D eigenvalue weighted by Crippen LogP contribution is 2.15. The molecular weight excluding hydrogens is 421 g/mol. The quantitative estimate of drug-likeness (QED) is 0.397. The van der Waals surface area contributed by atoms with E-state index in [9.17, 15) is 18.8 Å². The zero-order valence-corrected chi connectivity index (χ0v) is 16.9. The number of carbonyl (C=O) groups excluding carboxylic acids is 2. The first kappa shape index (κ1) is 19.9. The van der Waals surface area contributed by atoms with Crippen molar-refractivity contribution in [3.8, 4) is 0 Å². The molecule has 0 saturated carbocycles. The molecule has 1 aliphatic heterocycles. The van der Waals surface area contributed by atoms with Gasteiger partial charge in [0.2, 0.25) is 0 Å². The first-order valence-electron chi connectivity index (χ1n) is 9.83. The van der Waals surface area contributed by atoms with Crippen molar-refractivity contribution in [2.75, 3.05) is 13.1 Å². The van der Waals surface area contributed by atoms with Gasteiger partial charge < -0.3 is 20.4 Å². The predicted octanol–water partition coefficient (Wildman–Crippen LogP) is -0.0551. The third-order valence-electron chi connectivity index (χ3n) is 5.32. The molecule has 1 fully saturated rings. The number of fused-ring (bicyclic) bond motifs is 2. The van der Waals surface area contributed by atoms with Crippen LogP contribution in [0.5, 0.6) is 0 Å². The van der Waals surface area contributed by atoms with Crippen LogP contribution in [-0.2, 0) is 13.6 Å². The highest BCUT2D eigenvalue weighted by atomic mass is 19.1. The maximum absolute atomic E-state index is 14.2. The maximum Gasteiger partial charge on any atom is 0.419 e. The molecule has 0 aliphatic carbocycles. The predicted molar refractivity (Wildman–Crippen MR) is 110 cm³/mol. The van der Waals surface area contributed by atoms with Crippen molar-refractivity contribution in [2.45, 2.75) is 12.6 Å². The molecule has 2 amide bonds. The zero-order chi connectivity index (χ0) is 22.4. The summed E-state index contributed by atoms with van der Waals surface area (Å²) in [5, 5.41) is 12.4. The second-order valence-corrected chi connectivity index (χ2v) is 7.49. The third kappa shape index (κ3) is 3.39. The summed E-state index contributed by atoms with van der Waals surface area (Å²) in [6.45, 7) is 1.39. The summed E-state index contributed by atoms with van der Waals surface area (Å²) in [5.41, 5.74) is 1.41. The number of carbonyl (C=O) groups is 2. The molecule has 4 heterocycles. The smallest absolute Gasteiger partial charge is 0.408 e. The number of hydrogen-bond donors (Lipinski definition) is 3. The Morgan fingerprint density at radius 1 is 1.28 bits per heavy atom. The lowest BCUT2D eigenvalue weighted by Crippen LogP contribution is -2.57. The Labute approximate surface area is 179 Å². The number of amides is 2. The van der Waals surface area contributed by atoms with Gasteiger partial charge in [-0.3, -0.25) is 14.2 Å². The summed E-state index contributed by atoms with van der Waals surface area (Å²) >= 11 is 0. The van der Waals surface area contributed by atoms with Crippen molar-refractivity contribution in [2.24, 2.45) is 7.05 Å². The van der Waals surface area contributed by atoms with Crippen LogP contribution in [0.1, 0.15) is 26.5 Å². The molecular formula is C20H18FN7O4. The third-order valence-corrected chi connectivity index (χ3v) is 5.32. The van der Waals surface area contributed by atoms with Gasteiger partial charge in [0.05, 0.1) is 17.8 Å². The Balaban J connectivity index is 1.40. The van der Waals surface area contributed by atoms with Crippen LogP contribution >= 0.6 is 0 Å². The van der Waals surface area contributed by atoms with Gasteiger partial charge in [-0.05, 0) is 17.7 Å². The minimum Gasteiger partial charge on any atom is -0.408 e. The Kier molecular flexibility index (Phi) is 4.70. The van der Waals surface area contributed by atoms with Crippen LogP contribution in [0.25, 0.3) is 16.7 Å². The minimum atomic E-state index is -0.745. The molecule has 1 aromatic carbocycles. The number of aryl methyl sites for hydroxylation is 1. The Hall–Kier alpha value is -4.06. The Morgan fingerprint density at radius 2 is 2.09 bits per heavy atom. The van der Waals surface area contributed by atoms with Gasteiger partial charge in [-0.2, -0.15) is 5.10 Å². The normalized spacial score (nSPS) is 13.9. The molecule has 3 aromatic heterocycles. The molecule has 32 heavy (non-hydrogen) atoms. The summed E-state index contributed by atoms with van der Waals surface area (Å²) in [5.74, 6) is -2.30. The molecule has 11 nitrogen and oxygen atoms in total. The number of nitrogens with one attached hydrogen (secondary N) is 3. The number of aromatic nitrogens is 4. The summed E-state index contributed by atoms with van der Waals surface area (Å²) in [4.78, 5) is 41.1.